The van der Waals surface area contributed by atoms with Gasteiger partial charge in [-0.3, -0.25) is 14.5 Å². The molecule has 1 N–H and O–H groups in total. The zero-order chi connectivity index (χ0) is 24.0. The summed E-state index contributed by atoms with van der Waals surface area (Å²) in [5.41, 5.74) is 1.88. The quantitative estimate of drug-likeness (QED) is 0.646. The highest BCUT2D eigenvalue weighted by Crippen LogP contribution is 2.34. The molecule has 8 heteroatoms. The van der Waals surface area contributed by atoms with E-state index in [-0.39, 0.29) is 31.1 Å². The SMILES string of the molecule is CCOC(=O)C1=C(C)N(c2ccccc2)C(=O)C[C@@H]1C(=O)Nc1ccc(C(=O)OCC)cc1. The van der Waals surface area contributed by atoms with Crippen LogP contribution in [0.15, 0.2) is 65.9 Å². The van der Waals surface area contributed by atoms with Gasteiger partial charge in [0.25, 0.3) is 0 Å². The average Bonchev–Trinajstić information content (AvgIpc) is 2.80. The number of carbonyl (C=O) groups is 4. The zero-order valence-corrected chi connectivity index (χ0v) is 18.8. The summed E-state index contributed by atoms with van der Waals surface area (Å²) in [6.45, 7) is 5.42. The van der Waals surface area contributed by atoms with E-state index >= 15 is 0 Å². The number of carbonyl (C=O) groups excluding carboxylic acids is 4. The van der Waals surface area contributed by atoms with Crippen LogP contribution in [-0.2, 0) is 23.9 Å². The summed E-state index contributed by atoms with van der Waals surface area (Å²) in [6.07, 6.45) is -0.187. The predicted molar refractivity (Wildman–Crippen MR) is 122 cm³/mol. The molecule has 0 saturated carbocycles. The third-order valence-electron chi connectivity index (χ3n) is 5.19. The summed E-state index contributed by atoms with van der Waals surface area (Å²) >= 11 is 0. The van der Waals surface area contributed by atoms with Crippen LogP contribution in [0.2, 0.25) is 0 Å². The molecule has 1 atom stereocenters. The second kappa shape index (κ2) is 10.6. The normalized spacial score (nSPS) is 15.8. The standard InChI is InChI=1S/C25H26N2O6/c1-4-32-24(30)17-11-13-18(14-12-17)26-23(29)20-15-21(28)27(19-9-7-6-8-10-19)16(3)22(20)25(31)33-5-2/h6-14,20H,4-5,15H2,1-3H3,(H,26,29)/t20-/m0/s1. The van der Waals surface area contributed by atoms with Gasteiger partial charge in [-0.05, 0) is 57.2 Å². The summed E-state index contributed by atoms with van der Waals surface area (Å²) in [5.74, 6) is -2.92. The van der Waals surface area contributed by atoms with E-state index < -0.39 is 23.8 Å². The fourth-order valence-electron chi connectivity index (χ4n) is 3.70. The van der Waals surface area contributed by atoms with E-state index in [2.05, 4.69) is 5.32 Å². The summed E-state index contributed by atoms with van der Waals surface area (Å²) in [5, 5.41) is 2.73. The highest BCUT2D eigenvalue weighted by atomic mass is 16.5. The number of amides is 2. The van der Waals surface area contributed by atoms with Gasteiger partial charge in [0.05, 0.1) is 30.3 Å². The summed E-state index contributed by atoms with van der Waals surface area (Å²) in [6, 6.07) is 15.1. The molecule has 0 radical (unpaired) electrons. The van der Waals surface area contributed by atoms with Crippen LogP contribution in [0, 0.1) is 5.92 Å². The molecule has 1 aliphatic heterocycles. The van der Waals surface area contributed by atoms with Crippen molar-refractivity contribution >= 4 is 35.1 Å². The Hall–Kier alpha value is -3.94. The van der Waals surface area contributed by atoms with E-state index in [0.29, 0.717) is 22.6 Å². The Morgan fingerprint density at radius 1 is 0.939 bits per heavy atom. The first-order valence-corrected chi connectivity index (χ1v) is 10.7. The maximum absolute atomic E-state index is 13.1. The van der Waals surface area contributed by atoms with Crippen molar-refractivity contribution in [3.63, 3.8) is 0 Å². The molecular formula is C25H26N2O6. The van der Waals surface area contributed by atoms with Gasteiger partial charge in [-0.2, -0.15) is 0 Å². The van der Waals surface area contributed by atoms with Crippen molar-refractivity contribution in [2.75, 3.05) is 23.4 Å². The van der Waals surface area contributed by atoms with Crippen LogP contribution in [-0.4, -0.2) is 37.0 Å². The van der Waals surface area contributed by atoms with Crippen LogP contribution in [0.25, 0.3) is 0 Å². The number of allylic oxidation sites excluding steroid dienone is 1. The van der Waals surface area contributed by atoms with Crippen LogP contribution in [0.1, 0.15) is 37.6 Å². The molecule has 2 aromatic rings. The molecule has 3 rings (SSSR count). The van der Waals surface area contributed by atoms with Gasteiger partial charge in [-0.1, -0.05) is 18.2 Å². The number of para-hydroxylation sites is 1. The van der Waals surface area contributed by atoms with Gasteiger partial charge in [0.1, 0.15) is 0 Å². The first kappa shape index (κ1) is 23.7. The van der Waals surface area contributed by atoms with E-state index in [4.69, 9.17) is 9.47 Å². The van der Waals surface area contributed by atoms with Crippen LogP contribution in [0.4, 0.5) is 11.4 Å². The van der Waals surface area contributed by atoms with Gasteiger partial charge in [0.2, 0.25) is 11.8 Å². The predicted octanol–water partition coefficient (Wildman–Crippen LogP) is 3.69. The van der Waals surface area contributed by atoms with Crippen molar-refractivity contribution in [3.05, 3.63) is 71.4 Å². The number of ether oxygens (including phenoxy) is 2. The average molecular weight is 450 g/mol. The van der Waals surface area contributed by atoms with Gasteiger partial charge in [0, 0.05) is 23.5 Å². The van der Waals surface area contributed by atoms with Crippen LogP contribution >= 0.6 is 0 Å². The second-order valence-electron chi connectivity index (χ2n) is 7.33. The minimum absolute atomic E-state index is 0.137. The molecule has 33 heavy (non-hydrogen) atoms. The number of anilines is 2. The molecule has 0 bridgehead atoms. The molecule has 2 amide bonds. The van der Waals surface area contributed by atoms with Crippen molar-refractivity contribution in [3.8, 4) is 0 Å². The molecule has 1 heterocycles. The summed E-state index contributed by atoms with van der Waals surface area (Å²) in [4.78, 5) is 52.2. The summed E-state index contributed by atoms with van der Waals surface area (Å²) < 4.78 is 10.2. The fourth-order valence-corrected chi connectivity index (χ4v) is 3.70. The number of nitrogens with one attached hydrogen (secondary N) is 1. The van der Waals surface area contributed by atoms with Gasteiger partial charge in [-0.25, -0.2) is 9.59 Å². The Morgan fingerprint density at radius 3 is 2.15 bits per heavy atom. The first-order chi connectivity index (χ1) is 15.9. The minimum Gasteiger partial charge on any atom is -0.463 e. The van der Waals surface area contributed by atoms with Crippen molar-refractivity contribution < 1.29 is 28.7 Å². The van der Waals surface area contributed by atoms with Gasteiger partial charge in [-0.15, -0.1) is 0 Å². The lowest BCUT2D eigenvalue weighted by atomic mass is 9.88. The van der Waals surface area contributed by atoms with Crippen molar-refractivity contribution in [2.24, 2.45) is 5.92 Å². The Balaban J connectivity index is 1.89. The van der Waals surface area contributed by atoms with Crippen LogP contribution in [0.3, 0.4) is 0 Å². The Bertz CT molecular complexity index is 1080. The molecule has 0 saturated heterocycles. The smallest absolute Gasteiger partial charge is 0.338 e. The van der Waals surface area contributed by atoms with Crippen LogP contribution in [0.5, 0.6) is 0 Å². The Kier molecular flexibility index (Phi) is 7.61. The molecule has 2 aromatic carbocycles. The zero-order valence-electron chi connectivity index (χ0n) is 18.8. The van der Waals surface area contributed by atoms with E-state index in [1.807, 2.05) is 6.07 Å². The largest absolute Gasteiger partial charge is 0.463 e. The third-order valence-corrected chi connectivity index (χ3v) is 5.19. The molecule has 0 aromatic heterocycles. The molecule has 8 nitrogen and oxygen atoms in total. The van der Waals surface area contributed by atoms with E-state index in [0.717, 1.165) is 0 Å². The summed E-state index contributed by atoms with van der Waals surface area (Å²) in [7, 11) is 0. The monoisotopic (exact) mass is 450 g/mol. The Morgan fingerprint density at radius 2 is 1.55 bits per heavy atom. The van der Waals surface area contributed by atoms with E-state index in [1.165, 1.54) is 17.0 Å². The minimum atomic E-state index is -1.01. The number of esters is 2. The molecule has 1 aliphatic rings. The van der Waals surface area contributed by atoms with Crippen molar-refractivity contribution in [1.82, 2.24) is 0 Å². The lowest BCUT2D eigenvalue weighted by Gasteiger charge is -2.33. The molecule has 0 spiro atoms. The lowest BCUT2D eigenvalue weighted by molar-refractivity contribution is -0.141. The maximum Gasteiger partial charge on any atom is 0.338 e. The molecule has 172 valence electrons. The van der Waals surface area contributed by atoms with Crippen LogP contribution < -0.4 is 10.2 Å². The first-order valence-electron chi connectivity index (χ1n) is 10.7. The highest BCUT2D eigenvalue weighted by molar-refractivity contribution is 6.10. The Labute approximate surface area is 192 Å². The molecular weight excluding hydrogens is 424 g/mol. The second-order valence-corrected chi connectivity index (χ2v) is 7.33. The molecule has 0 fully saturated rings. The third kappa shape index (κ3) is 5.28. The van der Waals surface area contributed by atoms with Crippen molar-refractivity contribution in [2.45, 2.75) is 27.2 Å². The molecule has 0 aliphatic carbocycles. The van der Waals surface area contributed by atoms with Crippen molar-refractivity contribution in [1.29, 1.82) is 0 Å². The number of rotatable bonds is 7. The number of benzene rings is 2. The van der Waals surface area contributed by atoms with E-state index in [1.54, 1.807) is 57.2 Å². The fraction of sp³-hybridized carbons (Fsp3) is 0.280. The number of hydrogen-bond acceptors (Lipinski definition) is 6. The highest BCUT2D eigenvalue weighted by Gasteiger charge is 2.40. The topological polar surface area (TPSA) is 102 Å². The number of hydrogen-bond donors (Lipinski definition) is 1. The van der Waals surface area contributed by atoms with Gasteiger partial charge < -0.3 is 14.8 Å². The maximum atomic E-state index is 13.1. The van der Waals surface area contributed by atoms with Gasteiger partial charge in [0.15, 0.2) is 0 Å². The number of nitrogens with zero attached hydrogens (tertiary/aromatic N) is 1. The molecule has 0 unspecified atom stereocenters. The van der Waals surface area contributed by atoms with E-state index in [9.17, 15) is 19.2 Å². The van der Waals surface area contributed by atoms with Gasteiger partial charge >= 0.3 is 11.9 Å². The lowest BCUT2D eigenvalue weighted by Crippen LogP contribution is -2.43.